The van der Waals surface area contributed by atoms with Gasteiger partial charge in [0, 0.05) is 0 Å². The molecule has 0 radical (unpaired) electrons. The number of hydrogen-bond acceptors (Lipinski definition) is 0. The highest BCUT2D eigenvalue weighted by molar-refractivity contribution is 5.67. The molecule has 0 aromatic heterocycles. The summed E-state index contributed by atoms with van der Waals surface area (Å²) in [6.45, 7) is 15.3. The number of benzene rings is 1. The van der Waals surface area contributed by atoms with Crippen LogP contribution in [0.25, 0.3) is 12.2 Å². The Morgan fingerprint density at radius 2 is 1.65 bits per heavy atom. The Morgan fingerprint density at radius 1 is 1.06 bits per heavy atom. The molecule has 0 aliphatic carbocycles. The summed E-state index contributed by atoms with van der Waals surface area (Å²) in [5.74, 6) is 0. The molecule has 0 atom stereocenters. The quantitative estimate of drug-likeness (QED) is 0.459. The minimum absolute atomic E-state index is 0.842. The summed E-state index contributed by atoms with van der Waals surface area (Å²) in [4.78, 5) is 0. The Morgan fingerprint density at radius 3 is 2.12 bits per heavy atom. The molecule has 0 aliphatic heterocycles. The van der Waals surface area contributed by atoms with E-state index in [1.165, 1.54) is 11.1 Å². The van der Waals surface area contributed by atoms with Gasteiger partial charge in [0.05, 0.1) is 0 Å². The van der Waals surface area contributed by atoms with Crippen LogP contribution in [0.3, 0.4) is 0 Å². The Labute approximate surface area is 106 Å². The van der Waals surface area contributed by atoms with Gasteiger partial charge in [0.15, 0.2) is 0 Å². The van der Waals surface area contributed by atoms with Gasteiger partial charge >= 0.3 is 0 Å². The van der Waals surface area contributed by atoms with Gasteiger partial charge in [-0.3, -0.25) is 0 Å². The van der Waals surface area contributed by atoms with E-state index in [4.69, 9.17) is 0 Å². The van der Waals surface area contributed by atoms with Gasteiger partial charge in [0.25, 0.3) is 0 Å². The molecule has 0 saturated carbocycles. The molecule has 0 spiro atoms. The highest BCUT2D eigenvalue weighted by Gasteiger charge is 1.95. The van der Waals surface area contributed by atoms with Crippen LogP contribution in [-0.2, 0) is 0 Å². The molecule has 0 unspecified atom stereocenters. The average Bonchev–Trinajstić information content (AvgIpc) is 2.41. The summed E-state index contributed by atoms with van der Waals surface area (Å²) in [5, 5.41) is 0. The van der Waals surface area contributed by atoms with Crippen LogP contribution >= 0.6 is 0 Å². The van der Waals surface area contributed by atoms with Crippen LogP contribution in [0.5, 0.6) is 0 Å². The van der Waals surface area contributed by atoms with Gasteiger partial charge in [-0.15, -0.1) is 6.58 Å². The van der Waals surface area contributed by atoms with E-state index in [1.54, 1.807) is 0 Å². The SMILES string of the molecule is C=CC/C(C=C)=C\c1ccccc1C=C.CC. The first-order chi connectivity index (χ1) is 8.31. The second-order valence-corrected chi connectivity index (χ2v) is 3.25. The molecule has 0 nitrogen and oxygen atoms in total. The molecular weight excluding hydrogens is 204 g/mol. The van der Waals surface area contributed by atoms with E-state index in [9.17, 15) is 0 Å². The zero-order valence-corrected chi connectivity index (χ0v) is 10.9. The fraction of sp³-hybridized carbons (Fsp3) is 0.176. The van der Waals surface area contributed by atoms with Crippen LogP contribution < -0.4 is 0 Å². The van der Waals surface area contributed by atoms with Gasteiger partial charge < -0.3 is 0 Å². The van der Waals surface area contributed by atoms with E-state index >= 15 is 0 Å². The molecule has 0 fully saturated rings. The summed E-state index contributed by atoms with van der Waals surface area (Å²) < 4.78 is 0. The van der Waals surface area contributed by atoms with Crippen LogP contribution in [0.2, 0.25) is 0 Å². The fourth-order valence-electron chi connectivity index (χ4n) is 1.40. The molecule has 0 amide bonds. The summed E-state index contributed by atoms with van der Waals surface area (Å²) in [6, 6.07) is 8.15. The van der Waals surface area contributed by atoms with Crippen LogP contribution in [0, 0.1) is 0 Å². The van der Waals surface area contributed by atoms with Gasteiger partial charge in [-0.05, 0) is 23.1 Å². The summed E-state index contributed by atoms with van der Waals surface area (Å²) in [7, 11) is 0. The molecule has 0 heteroatoms. The van der Waals surface area contributed by atoms with E-state index in [0.29, 0.717) is 0 Å². The minimum atomic E-state index is 0.842. The predicted molar refractivity (Wildman–Crippen MR) is 80.9 cm³/mol. The molecule has 0 N–H and O–H groups in total. The fourth-order valence-corrected chi connectivity index (χ4v) is 1.40. The maximum absolute atomic E-state index is 3.80. The molecule has 1 aromatic rings. The van der Waals surface area contributed by atoms with Gasteiger partial charge in [-0.1, -0.05) is 75.6 Å². The van der Waals surface area contributed by atoms with Gasteiger partial charge in [0.1, 0.15) is 0 Å². The third-order valence-corrected chi connectivity index (χ3v) is 2.20. The lowest BCUT2D eigenvalue weighted by atomic mass is 10.0. The average molecular weight is 226 g/mol. The molecule has 0 saturated heterocycles. The largest absolute Gasteiger partial charge is 0.103 e. The third-order valence-electron chi connectivity index (χ3n) is 2.20. The Balaban J connectivity index is 0.00000121. The van der Waals surface area contributed by atoms with Crippen molar-refractivity contribution in [3.63, 3.8) is 0 Å². The van der Waals surface area contributed by atoms with Crippen molar-refractivity contribution >= 4 is 12.2 Å². The van der Waals surface area contributed by atoms with Gasteiger partial charge in [-0.25, -0.2) is 0 Å². The molecule has 17 heavy (non-hydrogen) atoms. The standard InChI is InChI=1S/C15H16.C2H6/c1-4-9-13(5-2)12-15-11-8-7-10-14(15)6-3;1-2/h4-8,10-12H,1-3,9H2;1-2H3/b13-12-;. The van der Waals surface area contributed by atoms with Crippen molar-refractivity contribution in [1.82, 2.24) is 0 Å². The van der Waals surface area contributed by atoms with Crippen molar-refractivity contribution in [1.29, 1.82) is 0 Å². The monoisotopic (exact) mass is 226 g/mol. The van der Waals surface area contributed by atoms with Crippen LogP contribution in [-0.4, -0.2) is 0 Å². The molecule has 0 aliphatic rings. The lowest BCUT2D eigenvalue weighted by Crippen LogP contribution is -1.81. The first kappa shape index (κ1) is 15.2. The van der Waals surface area contributed by atoms with Gasteiger partial charge in [-0.2, -0.15) is 0 Å². The zero-order chi connectivity index (χ0) is 13.1. The highest BCUT2D eigenvalue weighted by atomic mass is 14.0. The van der Waals surface area contributed by atoms with E-state index < -0.39 is 0 Å². The maximum atomic E-state index is 3.80. The number of rotatable bonds is 5. The van der Waals surface area contributed by atoms with Crippen LogP contribution in [0.15, 0.2) is 61.7 Å². The molecule has 0 heterocycles. The van der Waals surface area contributed by atoms with Crippen molar-refractivity contribution in [2.75, 3.05) is 0 Å². The van der Waals surface area contributed by atoms with Crippen molar-refractivity contribution in [2.24, 2.45) is 0 Å². The molecular formula is C17H22. The summed E-state index contributed by atoms with van der Waals surface area (Å²) >= 11 is 0. The maximum Gasteiger partial charge on any atom is -0.0100 e. The van der Waals surface area contributed by atoms with Crippen molar-refractivity contribution in [3.05, 3.63) is 72.9 Å². The lowest BCUT2D eigenvalue weighted by Gasteiger charge is -2.02. The zero-order valence-electron chi connectivity index (χ0n) is 10.9. The van der Waals surface area contributed by atoms with Crippen LogP contribution in [0.4, 0.5) is 0 Å². The minimum Gasteiger partial charge on any atom is -0.103 e. The van der Waals surface area contributed by atoms with Crippen molar-refractivity contribution < 1.29 is 0 Å². The Bertz CT molecular complexity index is 394. The first-order valence-electron chi connectivity index (χ1n) is 5.97. The summed E-state index contributed by atoms with van der Waals surface area (Å²) in [5.41, 5.74) is 3.48. The number of allylic oxidation sites excluding steroid dienone is 3. The predicted octanol–water partition coefficient (Wildman–Crippen LogP) is 5.50. The second-order valence-electron chi connectivity index (χ2n) is 3.25. The van der Waals surface area contributed by atoms with E-state index in [0.717, 1.165) is 12.0 Å². The normalized spacial score (nSPS) is 9.88. The highest BCUT2D eigenvalue weighted by Crippen LogP contribution is 2.16. The third kappa shape index (κ3) is 5.17. The molecule has 0 bridgehead atoms. The van der Waals surface area contributed by atoms with E-state index in [-0.39, 0.29) is 0 Å². The topological polar surface area (TPSA) is 0 Å². The van der Waals surface area contributed by atoms with Crippen LogP contribution in [0.1, 0.15) is 31.4 Å². The smallest absolute Gasteiger partial charge is 0.0100 e. The molecule has 1 rings (SSSR count). The van der Waals surface area contributed by atoms with Crippen molar-refractivity contribution in [3.8, 4) is 0 Å². The van der Waals surface area contributed by atoms with Crippen molar-refractivity contribution in [2.45, 2.75) is 20.3 Å². The Hall–Kier alpha value is -1.82. The molecule has 90 valence electrons. The summed E-state index contributed by atoms with van der Waals surface area (Å²) in [6.07, 6.45) is 8.56. The molecule has 1 aromatic carbocycles. The number of hydrogen-bond donors (Lipinski definition) is 0. The van der Waals surface area contributed by atoms with E-state index in [1.807, 2.05) is 50.3 Å². The lowest BCUT2D eigenvalue weighted by molar-refractivity contribution is 1.31. The first-order valence-corrected chi connectivity index (χ1v) is 5.97. The Kier molecular flexibility index (Phi) is 8.40. The van der Waals surface area contributed by atoms with E-state index in [2.05, 4.69) is 31.9 Å². The van der Waals surface area contributed by atoms with Gasteiger partial charge in [0.2, 0.25) is 0 Å². The second kappa shape index (κ2) is 9.41.